The van der Waals surface area contributed by atoms with Crippen LogP contribution in [-0.4, -0.2) is 21.7 Å². The fourth-order valence-electron chi connectivity index (χ4n) is 2.18. The molecule has 1 aromatic heterocycles. The molecule has 0 aromatic carbocycles. The first kappa shape index (κ1) is 11.2. The fraction of sp³-hybridized carbons (Fsp3) is 0.667. The Bertz CT molecular complexity index is 353. The van der Waals surface area contributed by atoms with Gasteiger partial charge in [-0.25, -0.2) is 0 Å². The van der Waals surface area contributed by atoms with Gasteiger partial charge < -0.3 is 5.32 Å². The molecule has 1 saturated carbocycles. The lowest BCUT2D eigenvalue weighted by atomic mass is 10.2. The molecule has 0 radical (unpaired) electrons. The zero-order valence-corrected chi connectivity index (χ0v) is 9.78. The predicted molar refractivity (Wildman–Crippen MR) is 62.0 cm³/mol. The van der Waals surface area contributed by atoms with Gasteiger partial charge in [-0.05, 0) is 25.3 Å². The van der Waals surface area contributed by atoms with Gasteiger partial charge in [0, 0.05) is 25.2 Å². The number of carbonyl (C=O) groups is 1. The Morgan fingerprint density at radius 3 is 2.94 bits per heavy atom. The maximum atomic E-state index is 11.6. The molecular weight excluding hydrogens is 202 g/mol. The van der Waals surface area contributed by atoms with Crippen LogP contribution in [0.15, 0.2) is 12.4 Å². The van der Waals surface area contributed by atoms with E-state index in [1.807, 2.05) is 24.0 Å². The first-order valence-corrected chi connectivity index (χ1v) is 6.02. The molecule has 0 bridgehead atoms. The summed E-state index contributed by atoms with van der Waals surface area (Å²) in [6.07, 6.45) is 9.10. The van der Waals surface area contributed by atoms with Crippen molar-refractivity contribution < 1.29 is 4.79 Å². The Balaban J connectivity index is 1.71. The molecule has 1 amide bonds. The lowest BCUT2D eigenvalue weighted by molar-refractivity contribution is -0.122. The number of hydrogen-bond acceptors (Lipinski definition) is 2. The molecule has 0 spiro atoms. The van der Waals surface area contributed by atoms with E-state index in [4.69, 9.17) is 0 Å². The number of aromatic nitrogens is 2. The van der Waals surface area contributed by atoms with E-state index in [-0.39, 0.29) is 5.91 Å². The van der Waals surface area contributed by atoms with Crippen molar-refractivity contribution >= 4 is 5.91 Å². The van der Waals surface area contributed by atoms with E-state index in [0.29, 0.717) is 19.0 Å². The molecule has 1 aliphatic rings. The van der Waals surface area contributed by atoms with Crippen LogP contribution in [0.2, 0.25) is 0 Å². The van der Waals surface area contributed by atoms with Crippen molar-refractivity contribution in [1.29, 1.82) is 0 Å². The minimum atomic E-state index is 0.153. The average Bonchev–Trinajstić information content (AvgIpc) is 2.87. The van der Waals surface area contributed by atoms with E-state index >= 15 is 0 Å². The largest absolute Gasteiger partial charge is 0.353 e. The summed E-state index contributed by atoms with van der Waals surface area (Å²) in [6.45, 7) is 2.68. The molecule has 4 nitrogen and oxygen atoms in total. The summed E-state index contributed by atoms with van der Waals surface area (Å²) in [5.74, 6) is 0.153. The van der Waals surface area contributed by atoms with Crippen molar-refractivity contribution in [3.8, 4) is 0 Å². The lowest BCUT2D eigenvalue weighted by Gasteiger charge is -2.11. The maximum absolute atomic E-state index is 11.6. The van der Waals surface area contributed by atoms with Gasteiger partial charge in [-0.15, -0.1) is 0 Å². The van der Waals surface area contributed by atoms with Gasteiger partial charge in [-0.3, -0.25) is 9.48 Å². The minimum Gasteiger partial charge on any atom is -0.353 e. The van der Waals surface area contributed by atoms with Gasteiger partial charge in [-0.2, -0.15) is 5.10 Å². The molecule has 1 fully saturated rings. The third kappa shape index (κ3) is 3.08. The highest BCUT2D eigenvalue weighted by Crippen LogP contribution is 2.17. The first-order chi connectivity index (χ1) is 7.74. The van der Waals surface area contributed by atoms with Crippen LogP contribution in [-0.2, 0) is 11.3 Å². The molecule has 0 aliphatic heterocycles. The molecule has 1 aromatic rings. The molecular formula is C12H19N3O. The highest BCUT2D eigenvalue weighted by Gasteiger charge is 2.16. The van der Waals surface area contributed by atoms with Crippen LogP contribution in [0.25, 0.3) is 0 Å². The van der Waals surface area contributed by atoms with Gasteiger partial charge in [0.15, 0.2) is 0 Å². The molecule has 88 valence electrons. The Morgan fingerprint density at radius 2 is 2.31 bits per heavy atom. The number of amides is 1. The SMILES string of the molecule is Cc1cnn(CCC(=O)NC2CCCC2)c1. The van der Waals surface area contributed by atoms with Crippen LogP contribution in [0.1, 0.15) is 37.7 Å². The van der Waals surface area contributed by atoms with Crippen molar-refractivity contribution in [2.45, 2.75) is 51.6 Å². The molecule has 0 saturated heterocycles. The summed E-state index contributed by atoms with van der Waals surface area (Å²) in [7, 11) is 0. The summed E-state index contributed by atoms with van der Waals surface area (Å²) in [4.78, 5) is 11.6. The van der Waals surface area contributed by atoms with Crippen LogP contribution in [0, 0.1) is 6.92 Å². The highest BCUT2D eigenvalue weighted by atomic mass is 16.1. The van der Waals surface area contributed by atoms with Crippen molar-refractivity contribution in [3.63, 3.8) is 0 Å². The third-order valence-corrected chi connectivity index (χ3v) is 3.05. The smallest absolute Gasteiger partial charge is 0.222 e. The van der Waals surface area contributed by atoms with Crippen molar-refractivity contribution in [1.82, 2.24) is 15.1 Å². The van der Waals surface area contributed by atoms with Gasteiger partial charge in [0.2, 0.25) is 5.91 Å². The van der Waals surface area contributed by atoms with Crippen LogP contribution in [0.3, 0.4) is 0 Å². The number of carbonyl (C=O) groups excluding carboxylic acids is 1. The molecule has 1 heterocycles. The average molecular weight is 221 g/mol. The first-order valence-electron chi connectivity index (χ1n) is 6.02. The van der Waals surface area contributed by atoms with Crippen molar-refractivity contribution in [2.24, 2.45) is 0 Å². The summed E-state index contributed by atoms with van der Waals surface area (Å²) in [5.41, 5.74) is 1.14. The summed E-state index contributed by atoms with van der Waals surface area (Å²) in [6, 6.07) is 0.423. The van der Waals surface area contributed by atoms with E-state index in [1.165, 1.54) is 12.8 Å². The van der Waals surface area contributed by atoms with Crippen LogP contribution in [0.4, 0.5) is 0 Å². The van der Waals surface area contributed by atoms with Gasteiger partial charge in [0.05, 0.1) is 6.20 Å². The normalized spacial score (nSPS) is 16.6. The second kappa shape index (κ2) is 5.14. The molecule has 0 unspecified atom stereocenters. The van der Waals surface area contributed by atoms with Crippen LogP contribution >= 0.6 is 0 Å². The van der Waals surface area contributed by atoms with Crippen molar-refractivity contribution in [3.05, 3.63) is 18.0 Å². The highest BCUT2D eigenvalue weighted by molar-refractivity contribution is 5.76. The Labute approximate surface area is 96.0 Å². The summed E-state index contributed by atoms with van der Waals surface area (Å²) >= 11 is 0. The molecule has 1 aliphatic carbocycles. The second-order valence-corrected chi connectivity index (χ2v) is 4.58. The van der Waals surface area contributed by atoms with Crippen LogP contribution in [0.5, 0.6) is 0 Å². The number of nitrogens with zero attached hydrogens (tertiary/aromatic N) is 2. The molecule has 4 heteroatoms. The van der Waals surface area contributed by atoms with E-state index in [2.05, 4.69) is 10.4 Å². The Kier molecular flexibility index (Phi) is 3.59. The van der Waals surface area contributed by atoms with E-state index < -0.39 is 0 Å². The molecule has 0 atom stereocenters. The quantitative estimate of drug-likeness (QED) is 0.840. The zero-order valence-electron chi connectivity index (χ0n) is 9.78. The van der Waals surface area contributed by atoms with E-state index in [0.717, 1.165) is 18.4 Å². The van der Waals surface area contributed by atoms with Gasteiger partial charge in [0.25, 0.3) is 0 Å². The maximum Gasteiger partial charge on any atom is 0.222 e. The fourth-order valence-corrected chi connectivity index (χ4v) is 2.18. The van der Waals surface area contributed by atoms with Crippen LogP contribution < -0.4 is 5.32 Å². The molecule has 2 rings (SSSR count). The van der Waals surface area contributed by atoms with Gasteiger partial charge in [-0.1, -0.05) is 12.8 Å². The monoisotopic (exact) mass is 221 g/mol. The topological polar surface area (TPSA) is 46.9 Å². The van der Waals surface area contributed by atoms with Gasteiger partial charge >= 0.3 is 0 Å². The summed E-state index contributed by atoms with van der Waals surface area (Å²) < 4.78 is 1.82. The van der Waals surface area contributed by atoms with Crippen molar-refractivity contribution in [2.75, 3.05) is 0 Å². The Morgan fingerprint density at radius 1 is 1.56 bits per heavy atom. The number of aryl methyl sites for hydroxylation is 2. The van der Waals surface area contributed by atoms with E-state index in [9.17, 15) is 4.79 Å². The minimum absolute atomic E-state index is 0.153. The molecule has 16 heavy (non-hydrogen) atoms. The number of nitrogens with one attached hydrogen (secondary N) is 1. The predicted octanol–water partition coefficient (Wildman–Crippen LogP) is 1.64. The third-order valence-electron chi connectivity index (χ3n) is 3.05. The summed E-state index contributed by atoms with van der Waals surface area (Å²) in [5, 5.41) is 7.23. The molecule has 1 N–H and O–H groups in total. The number of hydrogen-bond donors (Lipinski definition) is 1. The number of rotatable bonds is 4. The Hall–Kier alpha value is -1.32. The van der Waals surface area contributed by atoms with Gasteiger partial charge in [0.1, 0.15) is 0 Å². The van der Waals surface area contributed by atoms with E-state index in [1.54, 1.807) is 0 Å². The zero-order chi connectivity index (χ0) is 11.4. The standard InChI is InChI=1S/C12H19N3O/c1-10-8-13-15(9-10)7-6-12(16)14-11-4-2-3-5-11/h8-9,11H,2-7H2,1H3,(H,14,16). The lowest BCUT2D eigenvalue weighted by Crippen LogP contribution is -2.33. The second-order valence-electron chi connectivity index (χ2n) is 4.58.